The van der Waals surface area contributed by atoms with Crippen LogP contribution in [0.5, 0.6) is 0 Å². The van der Waals surface area contributed by atoms with Crippen LogP contribution in [0.3, 0.4) is 0 Å². The summed E-state index contributed by atoms with van der Waals surface area (Å²) in [5.74, 6) is -1.30. The van der Waals surface area contributed by atoms with E-state index in [9.17, 15) is 18.4 Å². The van der Waals surface area contributed by atoms with Gasteiger partial charge in [0.2, 0.25) is 5.91 Å². The summed E-state index contributed by atoms with van der Waals surface area (Å²) in [6, 6.07) is 4.57. The summed E-state index contributed by atoms with van der Waals surface area (Å²) in [5.41, 5.74) is 0.0827. The highest BCUT2D eigenvalue weighted by molar-refractivity contribution is 5.93. The minimum atomic E-state index is -0.784. The number of amides is 2. The summed E-state index contributed by atoms with van der Waals surface area (Å²) in [4.78, 5) is 29.1. The number of piperidine rings is 1. The molecule has 4 rings (SSSR count). The van der Waals surface area contributed by atoms with Gasteiger partial charge >= 0.3 is 0 Å². The van der Waals surface area contributed by atoms with Gasteiger partial charge in [-0.1, -0.05) is 12.1 Å². The fourth-order valence-corrected chi connectivity index (χ4v) is 4.92. The Morgan fingerprint density at radius 1 is 1.25 bits per heavy atom. The van der Waals surface area contributed by atoms with Gasteiger partial charge in [-0.25, -0.2) is 8.78 Å². The highest BCUT2D eigenvalue weighted by Crippen LogP contribution is 2.35. The Kier molecular flexibility index (Phi) is 6.28. The molecule has 4 atom stereocenters. The Labute approximate surface area is 185 Å². The summed E-state index contributed by atoms with van der Waals surface area (Å²) in [6.07, 6.45) is 2.66. The van der Waals surface area contributed by atoms with E-state index >= 15 is 0 Å². The number of carbonyl (C=O) groups is 2. The number of aromatic nitrogens is 1. The third kappa shape index (κ3) is 4.39. The number of nitrogens with zero attached hydrogens (tertiary/aromatic N) is 3. The number of nitrogens with one attached hydrogen (secondary N) is 1. The van der Waals surface area contributed by atoms with Gasteiger partial charge in [-0.3, -0.25) is 14.5 Å². The highest BCUT2D eigenvalue weighted by Gasteiger charge is 2.45. The quantitative estimate of drug-likeness (QED) is 0.764. The van der Waals surface area contributed by atoms with E-state index in [-0.39, 0.29) is 40.9 Å². The maximum atomic E-state index is 14.0. The first kappa shape index (κ1) is 22.4. The highest BCUT2D eigenvalue weighted by atomic mass is 19.1. The molecule has 1 aliphatic heterocycles. The van der Waals surface area contributed by atoms with Gasteiger partial charge in [0.25, 0.3) is 5.91 Å². The van der Waals surface area contributed by atoms with Crippen LogP contribution in [0, 0.1) is 23.5 Å². The Hall–Kier alpha value is -2.81. The first-order valence-corrected chi connectivity index (χ1v) is 10.9. The van der Waals surface area contributed by atoms with E-state index in [1.54, 1.807) is 19.0 Å². The standard InChI is InChI=1S/C23H28F2N4O3/c1-13-9-18(21(13)29-8-4-5-14(12-29)23(31)28(2)3)26-22(30)19-11-20(32-27-19)16-7-6-15(24)10-17(16)25/h6-7,10-11,13-14,18,21H,4-5,8-9,12H2,1-3H3,(H,26,30)/t13-,14?,18-,21-/m1/s1. The van der Waals surface area contributed by atoms with Crippen molar-refractivity contribution in [1.82, 2.24) is 20.3 Å². The van der Waals surface area contributed by atoms with Gasteiger partial charge in [-0.2, -0.15) is 0 Å². The molecule has 1 unspecified atom stereocenters. The zero-order chi connectivity index (χ0) is 23.0. The van der Waals surface area contributed by atoms with E-state index in [1.807, 2.05) is 0 Å². The number of halogens is 2. The average Bonchev–Trinajstić information content (AvgIpc) is 3.22. The SMILES string of the molecule is C[C@@H]1C[C@@H](NC(=O)c2cc(-c3ccc(F)cc3F)on2)[C@@H]1N1CCCC(C(=O)N(C)C)C1. The molecule has 1 saturated heterocycles. The van der Waals surface area contributed by atoms with Crippen molar-refractivity contribution in [3.05, 3.63) is 41.6 Å². The van der Waals surface area contributed by atoms with Crippen LogP contribution in [0.25, 0.3) is 11.3 Å². The summed E-state index contributed by atoms with van der Waals surface area (Å²) >= 11 is 0. The lowest BCUT2D eigenvalue weighted by Gasteiger charge is -2.51. The second-order valence-corrected chi connectivity index (χ2v) is 9.05. The Morgan fingerprint density at radius 2 is 2.03 bits per heavy atom. The summed E-state index contributed by atoms with van der Waals surface area (Å²) < 4.78 is 32.3. The van der Waals surface area contributed by atoms with Crippen LogP contribution in [0.15, 0.2) is 28.8 Å². The van der Waals surface area contributed by atoms with Crippen molar-refractivity contribution in [1.29, 1.82) is 0 Å². The molecule has 0 spiro atoms. The van der Waals surface area contributed by atoms with Gasteiger partial charge in [0.05, 0.1) is 11.5 Å². The minimum Gasteiger partial charge on any atom is -0.355 e. The van der Waals surface area contributed by atoms with Gasteiger partial charge in [0, 0.05) is 44.9 Å². The minimum absolute atomic E-state index is 0.0217. The van der Waals surface area contributed by atoms with E-state index in [2.05, 4.69) is 22.3 Å². The number of hydrogen-bond acceptors (Lipinski definition) is 5. The van der Waals surface area contributed by atoms with Crippen LogP contribution in [0.2, 0.25) is 0 Å². The third-order valence-electron chi connectivity index (χ3n) is 6.54. The second-order valence-electron chi connectivity index (χ2n) is 9.05. The van der Waals surface area contributed by atoms with Crippen LogP contribution in [0.4, 0.5) is 8.78 Å². The molecular weight excluding hydrogens is 418 g/mol. The second kappa shape index (κ2) is 8.97. The fourth-order valence-electron chi connectivity index (χ4n) is 4.92. The van der Waals surface area contributed by atoms with E-state index < -0.39 is 17.5 Å². The van der Waals surface area contributed by atoms with Crippen LogP contribution in [0.1, 0.15) is 36.7 Å². The fraction of sp³-hybridized carbons (Fsp3) is 0.522. The smallest absolute Gasteiger partial charge is 0.273 e. The monoisotopic (exact) mass is 446 g/mol. The van der Waals surface area contributed by atoms with Gasteiger partial charge < -0.3 is 14.7 Å². The lowest BCUT2D eigenvalue weighted by atomic mass is 9.73. The van der Waals surface area contributed by atoms with Crippen molar-refractivity contribution in [2.24, 2.45) is 11.8 Å². The predicted octanol–water partition coefficient (Wildman–Crippen LogP) is 2.93. The molecule has 2 amide bonds. The van der Waals surface area contributed by atoms with E-state index in [0.29, 0.717) is 12.5 Å². The van der Waals surface area contributed by atoms with Gasteiger partial charge in [-0.15, -0.1) is 0 Å². The normalized spacial score (nSPS) is 25.8. The van der Waals surface area contributed by atoms with E-state index in [1.165, 1.54) is 12.1 Å². The Morgan fingerprint density at radius 3 is 2.72 bits per heavy atom. The average molecular weight is 446 g/mol. The molecule has 2 fully saturated rings. The van der Waals surface area contributed by atoms with E-state index in [4.69, 9.17) is 4.52 Å². The molecule has 1 aromatic carbocycles. The topological polar surface area (TPSA) is 78.7 Å². The van der Waals surface area contributed by atoms with Crippen molar-refractivity contribution in [2.45, 2.75) is 38.3 Å². The third-order valence-corrected chi connectivity index (χ3v) is 6.54. The molecular formula is C23H28F2N4O3. The van der Waals surface area contributed by atoms with Crippen molar-refractivity contribution < 1.29 is 22.9 Å². The van der Waals surface area contributed by atoms with Gasteiger partial charge in [0.1, 0.15) is 11.6 Å². The van der Waals surface area contributed by atoms with Crippen molar-refractivity contribution in [2.75, 3.05) is 27.2 Å². The predicted molar refractivity (Wildman–Crippen MR) is 114 cm³/mol. The molecule has 32 heavy (non-hydrogen) atoms. The van der Waals surface area contributed by atoms with Gasteiger partial charge in [0.15, 0.2) is 11.5 Å². The molecule has 0 bridgehead atoms. The van der Waals surface area contributed by atoms with E-state index in [0.717, 1.165) is 37.9 Å². The molecule has 2 aromatic rings. The summed E-state index contributed by atoms with van der Waals surface area (Å²) in [6.45, 7) is 3.74. The number of hydrogen-bond donors (Lipinski definition) is 1. The van der Waals surface area contributed by atoms with Crippen LogP contribution in [-0.4, -0.2) is 66.0 Å². The summed E-state index contributed by atoms with van der Waals surface area (Å²) in [5, 5.41) is 6.78. The van der Waals surface area contributed by atoms with Crippen LogP contribution in [-0.2, 0) is 4.79 Å². The van der Waals surface area contributed by atoms with Crippen molar-refractivity contribution in [3.8, 4) is 11.3 Å². The molecule has 0 radical (unpaired) electrons. The molecule has 1 aliphatic carbocycles. The molecule has 1 N–H and O–H groups in total. The molecule has 172 valence electrons. The maximum absolute atomic E-state index is 14.0. The maximum Gasteiger partial charge on any atom is 0.273 e. The van der Waals surface area contributed by atoms with Gasteiger partial charge in [-0.05, 0) is 43.9 Å². The number of benzene rings is 1. The lowest BCUT2D eigenvalue weighted by Crippen LogP contribution is -2.64. The lowest BCUT2D eigenvalue weighted by molar-refractivity contribution is -0.136. The molecule has 1 aromatic heterocycles. The molecule has 1 saturated carbocycles. The number of rotatable bonds is 5. The zero-order valence-electron chi connectivity index (χ0n) is 18.5. The molecule has 9 heteroatoms. The molecule has 2 heterocycles. The Bertz CT molecular complexity index is 1010. The van der Waals surface area contributed by atoms with Crippen LogP contribution < -0.4 is 5.32 Å². The molecule has 2 aliphatic rings. The first-order valence-electron chi connectivity index (χ1n) is 10.9. The molecule has 7 nitrogen and oxygen atoms in total. The first-order chi connectivity index (χ1) is 15.2. The van der Waals surface area contributed by atoms with Crippen molar-refractivity contribution >= 4 is 11.8 Å². The Balaban J connectivity index is 1.41. The number of carbonyl (C=O) groups excluding carboxylic acids is 2. The number of likely N-dealkylation sites (tertiary alicyclic amines) is 1. The van der Waals surface area contributed by atoms with Crippen molar-refractivity contribution in [3.63, 3.8) is 0 Å². The largest absolute Gasteiger partial charge is 0.355 e. The van der Waals surface area contributed by atoms with Crippen LogP contribution >= 0.6 is 0 Å². The summed E-state index contributed by atoms with van der Waals surface area (Å²) in [7, 11) is 3.56. The zero-order valence-corrected chi connectivity index (χ0v) is 18.5.